The maximum atomic E-state index is 11.0. The molecule has 0 saturated heterocycles. The monoisotopic (exact) mass is 272 g/mol. The zero-order valence-corrected chi connectivity index (χ0v) is 12.0. The number of unbranched alkanes of at least 4 members (excludes halogenated alkanes) is 6. The van der Waals surface area contributed by atoms with Crippen LogP contribution in [0.15, 0.2) is 12.2 Å². The summed E-state index contributed by atoms with van der Waals surface area (Å²) < 4.78 is 4.81. The number of esters is 1. The van der Waals surface area contributed by atoms with Gasteiger partial charge in [0.1, 0.15) is 0 Å². The first-order chi connectivity index (χ1) is 9.22. The first-order valence-electron chi connectivity index (χ1n) is 7.33. The average molecular weight is 272 g/mol. The summed E-state index contributed by atoms with van der Waals surface area (Å²) in [5.74, 6) is -0.731. The lowest BCUT2D eigenvalue weighted by atomic mass is 10.1. The number of allylic oxidation sites excluding steroid dienone is 2. The Morgan fingerprint density at radius 1 is 1.11 bits per heavy atom. The van der Waals surface area contributed by atoms with E-state index < -0.39 is 18.7 Å². The van der Waals surface area contributed by atoms with Crippen molar-refractivity contribution in [2.75, 3.05) is 13.2 Å². The highest BCUT2D eigenvalue weighted by atomic mass is 16.5. The molecule has 0 amide bonds. The number of aliphatic hydroxyl groups is 2. The second kappa shape index (κ2) is 13.6. The van der Waals surface area contributed by atoms with Crippen LogP contribution in [0.5, 0.6) is 0 Å². The SMILES string of the molecule is CC/C=C\CCCCCCCCOC(=O)[C@H](O)CO. The standard InChI is InChI=1S/C15H28O4/c1-2-3-4-5-6-7-8-9-10-11-12-19-15(18)14(17)13-16/h3-4,14,16-17H,2,5-13H2,1H3/b4-3-/t14-/m1/s1. The van der Waals surface area contributed by atoms with Crippen molar-refractivity contribution in [2.24, 2.45) is 0 Å². The fraction of sp³-hybridized carbons (Fsp3) is 0.800. The molecule has 0 fully saturated rings. The second-order valence-electron chi connectivity index (χ2n) is 4.66. The van der Waals surface area contributed by atoms with E-state index in [1.165, 1.54) is 25.7 Å². The van der Waals surface area contributed by atoms with Crippen molar-refractivity contribution >= 4 is 5.97 Å². The van der Waals surface area contributed by atoms with Gasteiger partial charge in [-0.25, -0.2) is 4.79 Å². The van der Waals surface area contributed by atoms with Gasteiger partial charge in [-0.1, -0.05) is 44.8 Å². The Kier molecular flexibility index (Phi) is 12.9. The van der Waals surface area contributed by atoms with Crippen molar-refractivity contribution in [1.29, 1.82) is 0 Å². The largest absolute Gasteiger partial charge is 0.464 e. The first-order valence-corrected chi connectivity index (χ1v) is 7.33. The van der Waals surface area contributed by atoms with Crippen LogP contribution in [0.3, 0.4) is 0 Å². The van der Waals surface area contributed by atoms with Gasteiger partial charge in [0.05, 0.1) is 13.2 Å². The molecule has 0 spiro atoms. The van der Waals surface area contributed by atoms with Crippen LogP contribution in [-0.4, -0.2) is 35.5 Å². The van der Waals surface area contributed by atoms with E-state index in [9.17, 15) is 4.79 Å². The predicted octanol–water partition coefficient (Wildman–Crippen LogP) is 2.58. The Balaban J connectivity index is 3.19. The molecule has 19 heavy (non-hydrogen) atoms. The Bertz CT molecular complexity index is 238. The molecule has 0 aromatic carbocycles. The number of carbonyl (C=O) groups is 1. The van der Waals surface area contributed by atoms with Crippen LogP contribution in [0.2, 0.25) is 0 Å². The highest BCUT2D eigenvalue weighted by Gasteiger charge is 2.14. The Hall–Kier alpha value is -0.870. The van der Waals surface area contributed by atoms with Crippen molar-refractivity contribution in [1.82, 2.24) is 0 Å². The van der Waals surface area contributed by atoms with Gasteiger partial charge in [-0.05, 0) is 25.7 Å². The van der Waals surface area contributed by atoms with Crippen LogP contribution in [0, 0.1) is 0 Å². The molecule has 0 rings (SSSR count). The van der Waals surface area contributed by atoms with Gasteiger partial charge >= 0.3 is 5.97 Å². The minimum Gasteiger partial charge on any atom is -0.464 e. The van der Waals surface area contributed by atoms with Crippen LogP contribution < -0.4 is 0 Å². The Morgan fingerprint density at radius 2 is 1.74 bits per heavy atom. The van der Waals surface area contributed by atoms with E-state index in [0.29, 0.717) is 6.61 Å². The summed E-state index contributed by atoms with van der Waals surface area (Å²) in [5, 5.41) is 17.5. The molecule has 0 bridgehead atoms. The Morgan fingerprint density at radius 3 is 2.37 bits per heavy atom. The summed E-state index contributed by atoms with van der Waals surface area (Å²) in [4.78, 5) is 11.0. The van der Waals surface area contributed by atoms with Gasteiger partial charge in [0.25, 0.3) is 0 Å². The Labute approximate surface area is 116 Å². The normalized spacial score (nSPS) is 12.8. The number of rotatable bonds is 12. The molecule has 0 heterocycles. The summed E-state index contributed by atoms with van der Waals surface area (Å²) in [5.41, 5.74) is 0. The number of carbonyl (C=O) groups excluding carboxylic acids is 1. The van der Waals surface area contributed by atoms with Crippen LogP contribution in [0.4, 0.5) is 0 Å². The number of hydrogen-bond acceptors (Lipinski definition) is 4. The molecule has 4 heteroatoms. The van der Waals surface area contributed by atoms with Crippen LogP contribution in [-0.2, 0) is 9.53 Å². The van der Waals surface area contributed by atoms with Crippen LogP contribution in [0.25, 0.3) is 0 Å². The average Bonchev–Trinajstić information content (AvgIpc) is 2.43. The van der Waals surface area contributed by atoms with E-state index >= 15 is 0 Å². The zero-order chi connectivity index (χ0) is 14.3. The molecule has 0 aliphatic rings. The molecule has 0 aliphatic heterocycles. The van der Waals surface area contributed by atoms with Crippen molar-refractivity contribution in [3.05, 3.63) is 12.2 Å². The zero-order valence-electron chi connectivity index (χ0n) is 12.0. The molecule has 4 nitrogen and oxygen atoms in total. The lowest BCUT2D eigenvalue weighted by Gasteiger charge is -2.07. The molecule has 0 aromatic rings. The first kappa shape index (κ1) is 18.1. The maximum absolute atomic E-state index is 11.0. The van der Waals surface area contributed by atoms with Gasteiger partial charge in [-0.2, -0.15) is 0 Å². The fourth-order valence-corrected chi connectivity index (χ4v) is 1.70. The van der Waals surface area contributed by atoms with Crippen molar-refractivity contribution in [3.63, 3.8) is 0 Å². The molecule has 0 saturated carbocycles. The van der Waals surface area contributed by atoms with Crippen molar-refractivity contribution in [2.45, 2.75) is 64.4 Å². The smallest absolute Gasteiger partial charge is 0.337 e. The van der Waals surface area contributed by atoms with E-state index in [1.54, 1.807) is 0 Å². The molecule has 112 valence electrons. The van der Waals surface area contributed by atoms with Crippen molar-refractivity contribution < 1.29 is 19.7 Å². The van der Waals surface area contributed by atoms with Gasteiger partial charge in [-0.15, -0.1) is 0 Å². The van der Waals surface area contributed by atoms with E-state index in [-0.39, 0.29) is 0 Å². The molecule has 0 aliphatic carbocycles. The highest BCUT2D eigenvalue weighted by molar-refractivity contribution is 5.74. The minimum atomic E-state index is -1.39. The third-order valence-electron chi connectivity index (χ3n) is 2.86. The summed E-state index contributed by atoms with van der Waals surface area (Å²) in [6, 6.07) is 0. The summed E-state index contributed by atoms with van der Waals surface area (Å²) in [6.45, 7) is 1.89. The van der Waals surface area contributed by atoms with E-state index in [2.05, 4.69) is 19.1 Å². The van der Waals surface area contributed by atoms with Gasteiger partial charge in [0.15, 0.2) is 6.10 Å². The van der Waals surface area contributed by atoms with Crippen LogP contribution in [0.1, 0.15) is 58.3 Å². The van der Waals surface area contributed by atoms with E-state index in [1.807, 2.05) is 0 Å². The van der Waals surface area contributed by atoms with Gasteiger partial charge in [0.2, 0.25) is 0 Å². The number of ether oxygens (including phenoxy) is 1. The summed E-state index contributed by atoms with van der Waals surface area (Å²) in [6.07, 6.45) is 12.1. The molecule has 1 atom stereocenters. The molecule has 0 unspecified atom stereocenters. The van der Waals surface area contributed by atoms with Crippen molar-refractivity contribution in [3.8, 4) is 0 Å². The maximum Gasteiger partial charge on any atom is 0.337 e. The van der Waals surface area contributed by atoms with Gasteiger partial charge in [-0.3, -0.25) is 0 Å². The quantitative estimate of drug-likeness (QED) is 0.325. The van der Waals surface area contributed by atoms with E-state index in [0.717, 1.165) is 25.7 Å². The topological polar surface area (TPSA) is 66.8 Å². The number of hydrogen-bond donors (Lipinski definition) is 2. The minimum absolute atomic E-state index is 0.329. The summed E-state index contributed by atoms with van der Waals surface area (Å²) >= 11 is 0. The highest BCUT2D eigenvalue weighted by Crippen LogP contribution is 2.08. The van der Waals surface area contributed by atoms with E-state index in [4.69, 9.17) is 14.9 Å². The third kappa shape index (κ3) is 11.9. The molecule has 0 radical (unpaired) electrons. The van der Waals surface area contributed by atoms with Crippen LogP contribution >= 0.6 is 0 Å². The summed E-state index contributed by atoms with van der Waals surface area (Å²) in [7, 11) is 0. The van der Waals surface area contributed by atoms with Gasteiger partial charge < -0.3 is 14.9 Å². The molecular weight excluding hydrogens is 244 g/mol. The number of aliphatic hydroxyl groups excluding tert-OH is 2. The predicted molar refractivity (Wildman–Crippen MR) is 75.8 cm³/mol. The lowest BCUT2D eigenvalue weighted by molar-refractivity contribution is -0.155. The molecule has 0 aromatic heterocycles. The molecular formula is C15H28O4. The van der Waals surface area contributed by atoms with Gasteiger partial charge in [0, 0.05) is 0 Å². The lowest BCUT2D eigenvalue weighted by Crippen LogP contribution is -2.26. The third-order valence-corrected chi connectivity index (χ3v) is 2.86. The fourth-order valence-electron chi connectivity index (χ4n) is 1.70. The molecule has 2 N–H and O–H groups in total. The second-order valence-corrected chi connectivity index (χ2v) is 4.66.